The number of aromatic nitrogens is 1. The molecule has 3 saturated heterocycles. The van der Waals surface area contributed by atoms with Crippen LogP contribution in [-0.2, 0) is 23.9 Å². The molecule has 2 unspecified atom stereocenters. The molecule has 2 amide bonds. The zero-order chi connectivity index (χ0) is 24.3. The molecule has 0 saturated carbocycles. The number of hydrogen-bond donors (Lipinski definition) is 0. The Labute approximate surface area is 206 Å². The lowest BCUT2D eigenvalue weighted by Gasteiger charge is -2.34. The second kappa shape index (κ2) is 8.30. The molecule has 4 aliphatic heterocycles. The second-order valence-electron chi connectivity index (χ2n) is 9.51. The summed E-state index contributed by atoms with van der Waals surface area (Å²) < 4.78 is 17.7. The summed E-state index contributed by atoms with van der Waals surface area (Å²) in [7, 11) is 1.61. The molecule has 9 nitrogen and oxygen atoms in total. The third kappa shape index (κ3) is 3.45. The van der Waals surface area contributed by atoms with Crippen LogP contribution in [0.15, 0.2) is 30.4 Å². The highest BCUT2D eigenvalue weighted by atomic mass is 32.1. The Morgan fingerprint density at radius 2 is 2.09 bits per heavy atom. The van der Waals surface area contributed by atoms with Crippen LogP contribution in [0.4, 0.5) is 5.13 Å². The summed E-state index contributed by atoms with van der Waals surface area (Å²) in [5.74, 6) is -0.997. The monoisotopic (exact) mass is 497 g/mol. The highest BCUT2D eigenvalue weighted by molar-refractivity contribution is 7.22. The van der Waals surface area contributed by atoms with Gasteiger partial charge in [-0.1, -0.05) is 23.5 Å². The smallest absolute Gasteiger partial charge is 0.309 e. The van der Waals surface area contributed by atoms with Gasteiger partial charge in [0.25, 0.3) is 0 Å². The molecular weight excluding hydrogens is 470 g/mol. The van der Waals surface area contributed by atoms with E-state index in [0.29, 0.717) is 50.0 Å². The lowest BCUT2D eigenvalue weighted by Crippen LogP contribution is -2.49. The van der Waals surface area contributed by atoms with E-state index in [1.54, 1.807) is 23.8 Å². The first-order valence-corrected chi connectivity index (χ1v) is 12.8. The van der Waals surface area contributed by atoms with Crippen LogP contribution in [-0.4, -0.2) is 72.7 Å². The van der Waals surface area contributed by atoms with Crippen molar-refractivity contribution < 1.29 is 28.6 Å². The van der Waals surface area contributed by atoms with E-state index < -0.39 is 23.5 Å². The van der Waals surface area contributed by atoms with E-state index in [9.17, 15) is 14.4 Å². The van der Waals surface area contributed by atoms with Crippen molar-refractivity contribution in [1.29, 1.82) is 0 Å². The van der Waals surface area contributed by atoms with Gasteiger partial charge in [0.15, 0.2) is 5.13 Å². The average Bonchev–Trinajstić information content (AvgIpc) is 3.62. The van der Waals surface area contributed by atoms with Gasteiger partial charge in [0.05, 0.1) is 54.3 Å². The number of likely N-dealkylation sites (tertiary alicyclic amines) is 1. The van der Waals surface area contributed by atoms with Gasteiger partial charge in [-0.2, -0.15) is 0 Å². The minimum absolute atomic E-state index is 0.0715. The lowest BCUT2D eigenvalue weighted by atomic mass is 9.76. The van der Waals surface area contributed by atoms with E-state index >= 15 is 0 Å². The quantitative estimate of drug-likeness (QED) is 0.462. The third-order valence-corrected chi connectivity index (χ3v) is 8.69. The molecule has 184 valence electrons. The fraction of sp³-hybridized carbons (Fsp3) is 0.520. The van der Waals surface area contributed by atoms with E-state index in [-0.39, 0.29) is 23.7 Å². The van der Waals surface area contributed by atoms with Crippen molar-refractivity contribution in [2.45, 2.75) is 31.5 Å². The van der Waals surface area contributed by atoms with Gasteiger partial charge in [0.2, 0.25) is 11.8 Å². The number of piperidine rings is 1. The molecule has 35 heavy (non-hydrogen) atoms. The molecule has 6 rings (SSSR count). The number of hydrogen-bond acceptors (Lipinski definition) is 8. The van der Waals surface area contributed by atoms with E-state index in [4.69, 9.17) is 14.2 Å². The number of carbonyl (C=O) groups is 3. The number of fused-ring (bicyclic) bond motifs is 2. The zero-order valence-corrected chi connectivity index (χ0v) is 20.5. The number of carbonyl (C=O) groups excluding carboxylic acids is 3. The predicted octanol–water partition coefficient (Wildman–Crippen LogP) is 2.39. The number of amides is 2. The van der Waals surface area contributed by atoms with Crippen molar-refractivity contribution in [1.82, 2.24) is 9.88 Å². The van der Waals surface area contributed by atoms with E-state index in [1.165, 1.54) is 11.3 Å². The topological polar surface area (TPSA) is 98.3 Å². The lowest BCUT2D eigenvalue weighted by molar-refractivity contribution is -0.152. The molecule has 1 aromatic carbocycles. The highest BCUT2D eigenvalue weighted by Crippen LogP contribution is 2.53. The summed E-state index contributed by atoms with van der Waals surface area (Å²) in [6.45, 7) is 3.45. The first-order chi connectivity index (χ1) is 16.9. The molecule has 1 spiro atoms. The Balaban J connectivity index is 1.22. The number of anilines is 1. The van der Waals surface area contributed by atoms with Gasteiger partial charge in [-0.3, -0.25) is 19.3 Å². The number of benzene rings is 1. The van der Waals surface area contributed by atoms with Crippen molar-refractivity contribution in [3.05, 3.63) is 30.4 Å². The first kappa shape index (κ1) is 22.5. The molecule has 5 heterocycles. The number of thiazole rings is 1. The fourth-order valence-corrected chi connectivity index (χ4v) is 6.84. The standard InChI is InChI=1S/C25H27N3O6S/c1-3-33-23(31)14-7-10-27(11-8-14)21(29)19-17-6-9-25(34-17)13-28(22(30)20(19)25)24-26-16-12-15(32-2)4-5-18(16)35-24/h4-6,9,12,14,17,19-20H,3,7-8,10-11,13H2,1-2H3/t17-,19?,20?,25-/m0/s1. The van der Waals surface area contributed by atoms with Crippen LogP contribution in [0.25, 0.3) is 10.2 Å². The van der Waals surface area contributed by atoms with Crippen molar-refractivity contribution in [3.63, 3.8) is 0 Å². The number of methoxy groups -OCH3 is 1. The van der Waals surface area contributed by atoms with Crippen LogP contribution < -0.4 is 9.64 Å². The Kier molecular flexibility index (Phi) is 5.33. The third-order valence-electron chi connectivity index (χ3n) is 7.63. The number of ether oxygens (including phenoxy) is 3. The minimum atomic E-state index is -0.805. The predicted molar refractivity (Wildman–Crippen MR) is 128 cm³/mol. The molecule has 3 fully saturated rings. The summed E-state index contributed by atoms with van der Waals surface area (Å²) >= 11 is 1.44. The maximum atomic E-state index is 13.7. The molecule has 1 aromatic heterocycles. The normalized spacial score (nSPS) is 29.8. The molecule has 4 atom stereocenters. The van der Waals surface area contributed by atoms with Gasteiger partial charge in [-0.05, 0) is 31.9 Å². The Hall–Kier alpha value is -2.98. The highest BCUT2D eigenvalue weighted by Gasteiger charge is 2.67. The number of nitrogens with zero attached hydrogens (tertiary/aromatic N) is 3. The van der Waals surface area contributed by atoms with Gasteiger partial charge in [-0.25, -0.2) is 4.98 Å². The van der Waals surface area contributed by atoms with Gasteiger partial charge >= 0.3 is 5.97 Å². The Bertz CT molecular complexity index is 1240. The van der Waals surface area contributed by atoms with Crippen LogP contribution in [0.3, 0.4) is 0 Å². The molecule has 0 N–H and O–H groups in total. The number of rotatable bonds is 5. The second-order valence-corrected chi connectivity index (χ2v) is 10.5. The van der Waals surface area contributed by atoms with E-state index in [0.717, 1.165) is 10.2 Å². The summed E-state index contributed by atoms with van der Waals surface area (Å²) in [5, 5.41) is 0.601. The van der Waals surface area contributed by atoms with Crippen molar-refractivity contribution >= 4 is 44.5 Å². The molecule has 0 radical (unpaired) electrons. The molecule has 2 aromatic rings. The maximum absolute atomic E-state index is 13.7. The van der Waals surface area contributed by atoms with Crippen LogP contribution in [0.5, 0.6) is 5.75 Å². The molecule has 0 aliphatic carbocycles. The van der Waals surface area contributed by atoms with E-state index in [2.05, 4.69) is 4.98 Å². The summed E-state index contributed by atoms with van der Waals surface area (Å²) in [4.78, 5) is 47.6. The average molecular weight is 498 g/mol. The summed E-state index contributed by atoms with van der Waals surface area (Å²) in [6.07, 6.45) is 4.62. The van der Waals surface area contributed by atoms with Gasteiger partial charge in [0, 0.05) is 19.2 Å². The van der Waals surface area contributed by atoms with Crippen LogP contribution in [0.2, 0.25) is 0 Å². The van der Waals surface area contributed by atoms with Crippen molar-refractivity contribution in [2.24, 2.45) is 17.8 Å². The molecule has 10 heteroatoms. The van der Waals surface area contributed by atoms with Gasteiger partial charge in [-0.15, -0.1) is 0 Å². The van der Waals surface area contributed by atoms with Gasteiger partial charge < -0.3 is 19.1 Å². The van der Waals surface area contributed by atoms with Crippen molar-refractivity contribution in [2.75, 3.05) is 38.3 Å². The molecular formula is C25H27N3O6S. The van der Waals surface area contributed by atoms with E-state index in [1.807, 2.05) is 30.4 Å². The fourth-order valence-electron chi connectivity index (χ4n) is 5.89. The van der Waals surface area contributed by atoms with Crippen LogP contribution in [0.1, 0.15) is 19.8 Å². The maximum Gasteiger partial charge on any atom is 0.309 e. The largest absolute Gasteiger partial charge is 0.497 e. The SMILES string of the molecule is CCOC(=O)C1CCN(C(=O)C2C3C(=O)N(c4nc5cc(OC)ccc5s4)C[C@@]34C=C[C@@H]2O4)CC1. The first-order valence-electron chi connectivity index (χ1n) is 12.0. The zero-order valence-electron chi connectivity index (χ0n) is 19.6. The minimum Gasteiger partial charge on any atom is -0.497 e. The number of esters is 1. The van der Waals surface area contributed by atoms with Crippen molar-refractivity contribution in [3.8, 4) is 5.75 Å². The van der Waals surface area contributed by atoms with Crippen LogP contribution in [0, 0.1) is 17.8 Å². The summed E-state index contributed by atoms with van der Waals surface area (Å²) in [5.41, 5.74) is -0.0366. The molecule has 2 bridgehead atoms. The Morgan fingerprint density at radius 3 is 2.83 bits per heavy atom. The van der Waals surface area contributed by atoms with Crippen LogP contribution >= 0.6 is 11.3 Å². The summed E-state index contributed by atoms with van der Waals surface area (Å²) in [6, 6.07) is 5.66. The molecule has 4 aliphatic rings. The Morgan fingerprint density at radius 1 is 1.29 bits per heavy atom. The van der Waals surface area contributed by atoms with Gasteiger partial charge in [0.1, 0.15) is 11.4 Å².